The lowest BCUT2D eigenvalue weighted by molar-refractivity contribution is -0.386. The number of benzene rings is 2. The zero-order valence-electron chi connectivity index (χ0n) is 25.7. The van der Waals surface area contributed by atoms with Crippen LogP contribution in [0.1, 0.15) is 79.5 Å². The van der Waals surface area contributed by atoms with Gasteiger partial charge < -0.3 is 14.2 Å². The first kappa shape index (κ1) is 31.4. The van der Waals surface area contributed by atoms with Crippen molar-refractivity contribution in [2.75, 3.05) is 20.8 Å². The lowest BCUT2D eigenvalue weighted by atomic mass is 9.59. The number of carbonyl (C=O) groups is 2. The molecule has 12 heteroatoms. The van der Waals surface area contributed by atoms with Crippen molar-refractivity contribution in [2.45, 2.75) is 77.5 Å². The highest BCUT2D eigenvalue weighted by Crippen LogP contribution is 2.61. The minimum absolute atomic E-state index is 0.0283. The summed E-state index contributed by atoms with van der Waals surface area (Å²) in [6, 6.07) is 7.22. The quantitative estimate of drug-likeness (QED) is 0.163. The Kier molecular flexibility index (Phi) is 7.94. The van der Waals surface area contributed by atoms with Crippen LogP contribution < -0.4 is 4.74 Å². The van der Waals surface area contributed by atoms with Crippen molar-refractivity contribution >= 4 is 28.7 Å². The second-order valence-electron chi connectivity index (χ2n) is 13.0. The van der Waals surface area contributed by atoms with Gasteiger partial charge in [-0.3, -0.25) is 19.6 Å². The zero-order valence-corrected chi connectivity index (χ0v) is 25.7. The van der Waals surface area contributed by atoms with Gasteiger partial charge in [0, 0.05) is 54.2 Å². The molecule has 0 radical (unpaired) electrons. The summed E-state index contributed by atoms with van der Waals surface area (Å²) in [6.07, 6.45) is 1.37. The van der Waals surface area contributed by atoms with E-state index in [4.69, 9.17) is 14.2 Å². The molecule has 1 spiro atoms. The maximum atomic E-state index is 14.2. The number of piperidine rings is 1. The number of hydrogen-bond donors (Lipinski definition) is 0. The van der Waals surface area contributed by atoms with Crippen molar-refractivity contribution in [1.29, 1.82) is 0 Å². The number of likely N-dealkylation sites (tertiary alicyclic amines) is 1. The molecule has 2 heterocycles. The first-order valence-electron chi connectivity index (χ1n) is 14.5. The van der Waals surface area contributed by atoms with Crippen LogP contribution in [0.5, 0.6) is 5.75 Å². The number of aromatic nitrogens is 1. The highest BCUT2D eigenvalue weighted by Gasteiger charge is 2.58. The van der Waals surface area contributed by atoms with Gasteiger partial charge in [-0.2, -0.15) is 0 Å². The van der Waals surface area contributed by atoms with Gasteiger partial charge in [0.05, 0.1) is 30.2 Å². The van der Waals surface area contributed by atoms with E-state index >= 15 is 0 Å². The van der Waals surface area contributed by atoms with Crippen LogP contribution in [0.3, 0.4) is 0 Å². The monoisotopic (exact) mass is 613 g/mol. The van der Waals surface area contributed by atoms with Gasteiger partial charge in [-0.15, -0.1) is 0 Å². The van der Waals surface area contributed by atoms with Crippen LogP contribution in [-0.4, -0.2) is 58.7 Å². The molecule has 1 unspecified atom stereocenters. The number of rotatable bonds is 6. The van der Waals surface area contributed by atoms with Gasteiger partial charge >= 0.3 is 12.1 Å². The topological polar surface area (TPSA) is 113 Å². The Morgan fingerprint density at radius 2 is 1.84 bits per heavy atom. The normalized spacial score (nSPS) is 19.4. The van der Waals surface area contributed by atoms with Crippen molar-refractivity contribution in [3.8, 4) is 5.75 Å². The number of nitro groups is 1. The van der Waals surface area contributed by atoms with E-state index in [0.29, 0.717) is 29.8 Å². The Morgan fingerprint density at radius 1 is 1.14 bits per heavy atom. The molecule has 1 aliphatic carbocycles. The molecule has 2 aliphatic rings. The van der Waals surface area contributed by atoms with Crippen molar-refractivity contribution in [3.05, 3.63) is 68.9 Å². The Bertz CT molecular complexity index is 1630. The van der Waals surface area contributed by atoms with Crippen molar-refractivity contribution < 1.29 is 37.5 Å². The first-order valence-corrected chi connectivity index (χ1v) is 14.5. The zero-order chi connectivity index (χ0) is 32.2. The van der Waals surface area contributed by atoms with Crippen LogP contribution in [0.4, 0.5) is 19.3 Å². The Hall–Kier alpha value is -4.06. The van der Waals surface area contributed by atoms with Crippen LogP contribution in [-0.2, 0) is 16.0 Å². The third-order valence-electron chi connectivity index (χ3n) is 8.67. The van der Waals surface area contributed by atoms with E-state index in [2.05, 4.69) is 0 Å². The molecule has 2 fully saturated rings. The fraction of sp³-hybridized carbons (Fsp3) is 0.500. The number of halogens is 2. The summed E-state index contributed by atoms with van der Waals surface area (Å²) in [7, 11) is 2.74. The molecule has 0 amide bonds. The van der Waals surface area contributed by atoms with E-state index in [0.717, 1.165) is 16.5 Å². The number of nitrogens with zero attached hydrogens (tertiary/aromatic N) is 3. The van der Waals surface area contributed by atoms with E-state index in [1.54, 1.807) is 34.1 Å². The second-order valence-corrected chi connectivity index (χ2v) is 13.0. The second kappa shape index (κ2) is 11.1. The minimum atomic E-state index is -2.76. The summed E-state index contributed by atoms with van der Waals surface area (Å²) in [5.41, 5.74) is 0.929. The largest absolute Gasteiger partial charge is 0.496 e. The maximum Gasteiger partial charge on any atom is 0.419 e. The van der Waals surface area contributed by atoms with E-state index in [1.165, 1.54) is 29.9 Å². The van der Waals surface area contributed by atoms with Gasteiger partial charge in [0.2, 0.25) is 5.92 Å². The summed E-state index contributed by atoms with van der Waals surface area (Å²) in [5, 5.41) is 13.0. The average molecular weight is 614 g/mol. The van der Waals surface area contributed by atoms with Crippen LogP contribution in [0.2, 0.25) is 0 Å². The molecule has 0 bridgehead atoms. The van der Waals surface area contributed by atoms with Gasteiger partial charge in [0.25, 0.3) is 5.69 Å². The number of alkyl halides is 2. The molecule has 1 saturated heterocycles. The third-order valence-corrected chi connectivity index (χ3v) is 8.67. The number of aryl methyl sites for hydroxylation is 1. The molecule has 1 aliphatic heterocycles. The van der Waals surface area contributed by atoms with E-state index in [1.807, 2.05) is 24.0 Å². The Labute approximate surface area is 254 Å². The third kappa shape index (κ3) is 5.87. The van der Waals surface area contributed by atoms with Gasteiger partial charge in [-0.05, 0) is 82.3 Å². The molecule has 2 aromatic carbocycles. The lowest BCUT2D eigenvalue weighted by Gasteiger charge is -2.54. The maximum absolute atomic E-state index is 14.2. The molecule has 5 rings (SSSR count). The van der Waals surface area contributed by atoms with Gasteiger partial charge in [0.15, 0.2) is 0 Å². The highest BCUT2D eigenvalue weighted by atomic mass is 19.3. The first-order chi connectivity index (χ1) is 20.6. The van der Waals surface area contributed by atoms with Crippen molar-refractivity contribution in [1.82, 2.24) is 9.47 Å². The van der Waals surface area contributed by atoms with Crippen LogP contribution in [0.15, 0.2) is 36.5 Å². The molecule has 10 nitrogen and oxygen atoms in total. The number of nitro benzene ring substituents is 1. The minimum Gasteiger partial charge on any atom is -0.496 e. The fourth-order valence-electron chi connectivity index (χ4n) is 6.84. The summed E-state index contributed by atoms with van der Waals surface area (Å²) < 4.78 is 46.0. The predicted octanol–water partition coefficient (Wildman–Crippen LogP) is 7.19. The Balaban J connectivity index is 1.59. The number of ether oxygens (including phenoxy) is 3. The predicted molar refractivity (Wildman–Crippen MR) is 158 cm³/mol. The number of hydrogen-bond acceptors (Lipinski definition) is 8. The molecule has 236 valence electrons. The molecule has 1 aromatic heterocycles. The lowest BCUT2D eigenvalue weighted by Crippen LogP contribution is -2.53. The van der Waals surface area contributed by atoms with Gasteiger partial charge in [0.1, 0.15) is 11.4 Å². The van der Waals surface area contributed by atoms with E-state index < -0.39 is 40.0 Å². The van der Waals surface area contributed by atoms with E-state index in [9.17, 15) is 28.5 Å². The van der Waals surface area contributed by atoms with Crippen LogP contribution >= 0.6 is 0 Å². The summed E-state index contributed by atoms with van der Waals surface area (Å²) in [6.45, 7) is 7.90. The molecule has 3 aromatic rings. The smallest absolute Gasteiger partial charge is 0.419 e. The molecule has 0 N–H and O–H groups in total. The van der Waals surface area contributed by atoms with Crippen molar-refractivity contribution in [2.24, 2.45) is 5.41 Å². The number of esters is 1. The molecular weight excluding hydrogens is 576 g/mol. The summed E-state index contributed by atoms with van der Waals surface area (Å²) in [5.74, 6) is -2.90. The SMILES string of the molecule is COC(=O)c1ccc(C2CC3(CCN2Cc2c(OC)cc(C)c4c2ccn4C(=O)OC(C)(C)C)CC(F)(F)C3)c([N+](=O)[O-])c1. The summed E-state index contributed by atoms with van der Waals surface area (Å²) >= 11 is 0. The van der Waals surface area contributed by atoms with Crippen LogP contribution in [0, 0.1) is 22.5 Å². The van der Waals surface area contributed by atoms with Crippen molar-refractivity contribution in [3.63, 3.8) is 0 Å². The fourth-order valence-corrected chi connectivity index (χ4v) is 6.84. The number of carbonyl (C=O) groups excluding carboxylic acids is 2. The standard InChI is InChI=1S/C32H37F2N3O7/c1-19-13-26(42-5)23(21-9-11-36(27(19)21)29(39)44-30(2,3)4)16-35-12-10-31(17-32(33,34)18-31)15-25(35)22-8-7-20(28(38)43-6)14-24(22)37(40)41/h7-9,11,13-14,25H,10,12,15-18H2,1-6H3. The molecule has 1 saturated carbocycles. The highest BCUT2D eigenvalue weighted by molar-refractivity contribution is 5.95. The molecular formula is C32H37F2N3O7. The van der Waals surface area contributed by atoms with E-state index in [-0.39, 0.29) is 37.1 Å². The number of fused-ring (bicyclic) bond motifs is 1. The average Bonchev–Trinajstić information content (AvgIpc) is 3.39. The number of methoxy groups -OCH3 is 2. The summed E-state index contributed by atoms with van der Waals surface area (Å²) in [4.78, 5) is 39.0. The van der Waals surface area contributed by atoms with Gasteiger partial charge in [-0.1, -0.05) is 0 Å². The van der Waals surface area contributed by atoms with Gasteiger partial charge in [-0.25, -0.2) is 18.4 Å². The molecule has 44 heavy (non-hydrogen) atoms. The Morgan fingerprint density at radius 3 is 2.43 bits per heavy atom. The van der Waals surface area contributed by atoms with Crippen LogP contribution in [0.25, 0.3) is 10.9 Å². The molecule has 1 atom stereocenters.